The van der Waals surface area contributed by atoms with Crippen molar-refractivity contribution < 1.29 is 9.47 Å². The number of hydrogen-bond acceptors (Lipinski definition) is 5. The largest absolute Gasteiger partial charge is 0.493 e. The van der Waals surface area contributed by atoms with E-state index in [0.717, 1.165) is 0 Å². The first kappa shape index (κ1) is 12.0. The lowest BCUT2D eigenvalue weighted by Gasteiger charge is -2.12. The third-order valence-electron chi connectivity index (χ3n) is 2.27. The van der Waals surface area contributed by atoms with Crippen molar-refractivity contribution in [2.45, 2.75) is 0 Å². The molecule has 0 fully saturated rings. The van der Waals surface area contributed by atoms with Crippen molar-refractivity contribution in [1.29, 1.82) is 0 Å². The van der Waals surface area contributed by atoms with Crippen molar-refractivity contribution in [2.24, 2.45) is 0 Å². The van der Waals surface area contributed by atoms with E-state index in [1.807, 2.05) is 0 Å². The summed E-state index contributed by atoms with van der Waals surface area (Å²) < 4.78 is 10.3. The number of nitrogens with zero attached hydrogens (tertiary/aromatic N) is 2. The van der Waals surface area contributed by atoms with Crippen molar-refractivity contribution in [3.8, 4) is 11.5 Å². The van der Waals surface area contributed by atoms with Gasteiger partial charge in [0.05, 0.1) is 30.1 Å². The predicted octanol–water partition coefficient (Wildman–Crippen LogP) is 2.54. The minimum absolute atomic E-state index is 0.0540. The van der Waals surface area contributed by atoms with Crippen LogP contribution in [0.4, 0.5) is 5.82 Å². The van der Waals surface area contributed by atoms with E-state index in [9.17, 15) is 0 Å². The minimum Gasteiger partial charge on any atom is -0.493 e. The second-order valence-electron chi connectivity index (χ2n) is 3.20. The van der Waals surface area contributed by atoms with Crippen LogP contribution < -0.4 is 15.2 Å². The molecule has 2 aromatic rings. The van der Waals surface area contributed by atoms with Crippen LogP contribution in [0.3, 0.4) is 0 Å². The number of aromatic nitrogens is 2. The number of nitrogens with two attached hydrogens (primary N) is 1. The van der Waals surface area contributed by atoms with Crippen molar-refractivity contribution >= 4 is 39.9 Å². The molecule has 0 aliphatic rings. The number of ether oxygens (including phenoxy) is 2. The number of hydrogen-bond donors (Lipinski definition) is 1. The molecule has 90 valence electrons. The summed E-state index contributed by atoms with van der Waals surface area (Å²) in [4.78, 5) is 7.88. The highest BCUT2D eigenvalue weighted by atomic mass is 35.5. The zero-order chi connectivity index (χ0) is 12.6. The van der Waals surface area contributed by atoms with Gasteiger partial charge >= 0.3 is 0 Å². The highest BCUT2D eigenvalue weighted by Crippen LogP contribution is 2.42. The molecule has 17 heavy (non-hydrogen) atoms. The van der Waals surface area contributed by atoms with E-state index >= 15 is 0 Å². The number of anilines is 1. The zero-order valence-electron chi connectivity index (χ0n) is 9.12. The lowest BCUT2D eigenvalue weighted by Crippen LogP contribution is -1.98. The summed E-state index contributed by atoms with van der Waals surface area (Å²) in [5, 5.41) is 0.850. The summed E-state index contributed by atoms with van der Waals surface area (Å²) in [5.41, 5.74) is 6.26. The van der Waals surface area contributed by atoms with Gasteiger partial charge in [-0.1, -0.05) is 11.6 Å². The molecule has 5 nitrogen and oxygen atoms in total. The molecule has 0 saturated heterocycles. The Kier molecular flexibility index (Phi) is 3.13. The minimum atomic E-state index is 0.0540. The number of methoxy groups -OCH3 is 2. The standard InChI is InChI=1S/C10H9Cl2N3O2/c1-16-5-3-4-6(7(11)8(5)17-2)9(13)15-10(12)14-4/h3H,1-2H3,(H2,13,14,15). The smallest absolute Gasteiger partial charge is 0.224 e. The Balaban J connectivity index is 2.90. The van der Waals surface area contributed by atoms with Crippen LogP contribution in [-0.2, 0) is 0 Å². The topological polar surface area (TPSA) is 70.3 Å². The molecule has 0 aliphatic carbocycles. The van der Waals surface area contributed by atoms with E-state index in [4.69, 9.17) is 38.4 Å². The van der Waals surface area contributed by atoms with E-state index < -0.39 is 0 Å². The van der Waals surface area contributed by atoms with Gasteiger partial charge in [-0.3, -0.25) is 0 Å². The highest BCUT2D eigenvalue weighted by molar-refractivity contribution is 6.38. The second-order valence-corrected chi connectivity index (χ2v) is 3.91. The number of halogens is 2. The molecule has 0 atom stereocenters. The Morgan fingerprint density at radius 1 is 1.18 bits per heavy atom. The summed E-state index contributed by atoms with van der Waals surface area (Å²) in [7, 11) is 2.99. The summed E-state index contributed by atoms with van der Waals surface area (Å²) in [6.45, 7) is 0. The van der Waals surface area contributed by atoms with Gasteiger partial charge in [0.25, 0.3) is 0 Å². The van der Waals surface area contributed by atoms with Crippen LogP contribution in [0.15, 0.2) is 6.07 Å². The Labute approximate surface area is 107 Å². The van der Waals surface area contributed by atoms with Gasteiger partial charge in [0.1, 0.15) is 5.82 Å². The number of nitrogen functional groups attached to an aromatic ring is 1. The van der Waals surface area contributed by atoms with E-state index in [1.54, 1.807) is 6.07 Å². The van der Waals surface area contributed by atoms with Crippen molar-refractivity contribution in [3.05, 3.63) is 16.4 Å². The average molecular weight is 274 g/mol. The fourth-order valence-corrected chi connectivity index (χ4v) is 2.10. The molecule has 0 radical (unpaired) electrons. The molecule has 0 saturated carbocycles. The highest BCUT2D eigenvalue weighted by Gasteiger charge is 2.17. The Morgan fingerprint density at radius 2 is 1.88 bits per heavy atom. The maximum atomic E-state index is 6.18. The fourth-order valence-electron chi connectivity index (χ4n) is 1.55. The quantitative estimate of drug-likeness (QED) is 0.852. The van der Waals surface area contributed by atoms with Crippen molar-refractivity contribution in [1.82, 2.24) is 9.97 Å². The zero-order valence-corrected chi connectivity index (χ0v) is 10.6. The number of fused-ring (bicyclic) bond motifs is 1. The summed E-state index contributed by atoms with van der Waals surface area (Å²) >= 11 is 11.9. The molecule has 0 bridgehead atoms. The van der Waals surface area contributed by atoms with E-state index in [-0.39, 0.29) is 11.1 Å². The van der Waals surface area contributed by atoms with Gasteiger partial charge in [0, 0.05) is 6.07 Å². The van der Waals surface area contributed by atoms with Crippen LogP contribution in [0.1, 0.15) is 0 Å². The first-order valence-electron chi connectivity index (χ1n) is 4.61. The molecular formula is C10H9Cl2N3O2. The molecule has 0 aliphatic heterocycles. The number of rotatable bonds is 2. The first-order chi connectivity index (χ1) is 8.08. The van der Waals surface area contributed by atoms with Gasteiger partial charge in [0.2, 0.25) is 5.28 Å². The summed E-state index contributed by atoms with van der Waals surface area (Å²) in [6.07, 6.45) is 0. The van der Waals surface area contributed by atoms with E-state index in [1.165, 1.54) is 14.2 Å². The molecule has 2 N–H and O–H groups in total. The maximum Gasteiger partial charge on any atom is 0.224 e. The van der Waals surface area contributed by atoms with Gasteiger partial charge in [-0.25, -0.2) is 9.97 Å². The van der Waals surface area contributed by atoms with Crippen LogP contribution in [0.5, 0.6) is 11.5 Å². The van der Waals surface area contributed by atoms with E-state index in [0.29, 0.717) is 27.4 Å². The molecule has 0 unspecified atom stereocenters. The second kappa shape index (κ2) is 4.43. The third-order valence-corrected chi connectivity index (χ3v) is 2.80. The van der Waals surface area contributed by atoms with Crippen LogP contribution in [-0.4, -0.2) is 24.2 Å². The average Bonchev–Trinajstić information content (AvgIpc) is 2.27. The Hall–Kier alpha value is -1.46. The number of benzene rings is 1. The summed E-state index contributed by atoms with van der Waals surface area (Å²) in [6, 6.07) is 1.64. The predicted molar refractivity (Wildman–Crippen MR) is 67.1 cm³/mol. The maximum absolute atomic E-state index is 6.18. The fraction of sp³-hybridized carbons (Fsp3) is 0.200. The molecule has 0 spiro atoms. The van der Waals surface area contributed by atoms with Crippen LogP contribution in [0.25, 0.3) is 10.9 Å². The molecule has 1 aromatic heterocycles. The lowest BCUT2D eigenvalue weighted by atomic mass is 10.2. The Bertz CT molecular complexity index is 590. The van der Waals surface area contributed by atoms with Gasteiger partial charge < -0.3 is 15.2 Å². The molecule has 7 heteroatoms. The van der Waals surface area contributed by atoms with E-state index in [2.05, 4.69) is 9.97 Å². The third kappa shape index (κ3) is 1.92. The van der Waals surface area contributed by atoms with Crippen LogP contribution in [0, 0.1) is 0 Å². The Morgan fingerprint density at radius 3 is 2.47 bits per heavy atom. The molecule has 0 amide bonds. The van der Waals surface area contributed by atoms with Gasteiger partial charge in [-0.05, 0) is 11.6 Å². The summed E-state index contributed by atoms with van der Waals surface area (Å²) in [5.74, 6) is 1.05. The van der Waals surface area contributed by atoms with Crippen LogP contribution >= 0.6 is 23.2 Å². The SMILES string of the molecule is COc1cc2nc(Cl)nc(N)c2c(Cl)c1OC. The molecular weight excluding hydrogens is 265 g/mol. The molecule has 1 heterocycles. The van der Waals surface area contributed by atoms with Crippen molar-refractivity contribution in [3.63, 3.8) is 0 Å². The first-order valence-corrected chi connectivity index (χ1v) is 5.37. The van der Waals surface area contributed by atoms with Crippen LogP contribution in [0.2, 0.25) is 10.3 Å². The van der Waals surface area contributed by atoms with Gasteiger partial charge in [-0.2, -0.15) is 0 Å². The van der Waals surface area contributed by atoms with Gasteiger partial charge in [-0.15, -0.1) is 0 Å². The monoisotopic (exact) mass is 273 g/mol. The molecule has 2 rings (SSSR count). The normalized spacial score (nSPS) is 10.6. The van der Waals surface area contributed by atoms with Crippen molar-refractivity contribution in [2.75, 3.05) is 20.0 Å². The van der Waals surface area contributed by atoms with Gasteiger partial charge in [0.15, 0.2) is 11.5 Å². The molecule has 1 aromatic carbocycles. The lowest BCUT2D eigenvalue weighted by molar-refractivity contribution is 0.356.